The zero-order valence-electron chi connectivity index (χ0n) is 14.9. The fourth-order valence-electron chi connectivity index (χ4n) is 2.46. The van der Waals surface area contributed by atoms with Crippen molar-refractivity contribution in [3.05, 3.63) is 65.0 Å². The number of nitrogens with one attached hydrogen (secondary N) is 1. The molecule has 0 saturated heterocycles. The monoisotopic (exact) mass is 406 g/mol. The minimum Gasteiger partial charge on any atom is -0.495 e. The van der Waals surface area contributed by atoms with E-state index in [0.29, 0.717) is 23.8 Å². The van der Waals surface area contributed by atoms with E-state index in [4.69, 9.17) is 20.8 Å². The highest BCUT2D eigenvalue weighted by molar-refractivity contribution is 7.89. The van der Waals surface area contributed by atoms with E-state index in [9.17, 15) is 8.42 Å². The molecule has 142 valence electrons. The Hall–Kier alpha value is -2.35. The largest absolute Gasteiger partial charge is 0.495 e. The number of ether oxygens (including phenoxy) is 1. The molecule has 2 aromatic carbocycles. The van der Waals surface area contributed by atoms with Crippen LogP contribution in [-0.2, 0) is 16.4 Å². The lowest BCUT2D eigenvalue weighted by Crippen LogP contribution is -2.26. The minimum atomic E-state index is -3.68. The fourth-order valence-corrected chi connectivity index (χ4v) is 3.84. The Bertz CT molecular complexity index is 1030. The Labute approximate surface area is 163 Å². The molecule has 0 radical (unpaired) electrons. The van der Waals surface area contributed by atoms with E-state index >= 15 is 0 Å². The van der Waals surface area contributed by atoms with Crippen molar-refractivity contribution >= 4 is 21.6 Å². The maximum absolute atomic E-state index is 12.4. The molecule has 0 atom stereocenters. The van der Waals surface area contributed by atoms with Crippen molar-refractivity contribution < 1.29 is 17.6 Å². The molecule has 0 fully saturated rings. The van der Waals surface area contributed by atoms with Crippen molar-refractivity contribution in [2.24, 2.45) is 0 Å². The lowest BCUT2D eigenvalue weighted by atomic mass is 10.1. The van der Waals surface area contributed by atoms with Gasteiger partial charge in [-0.05, 0) is 37.3 Å². The standard InChI is InChI=1S/C19H19ClN2O4S/c1-13-3-5-14(6-4-13)19-22-15(12-26-19)9-10-21-27(23,24)16-7-8-18(25-2)17(20)11-16/h3-8,11-12,21H,9-10H2,1-2H3. The molecular weight excluding hydrogens is 388 g/mol. The van der Waals surface area contributed by atoms with Crippen LogP contribution in [0, 0.1) is 6.92 Å². The van der Waals surface area contributed by atoms with E-state index in [1.165, 1.54) is 31.6 Å². The topological polar surface area (TPSA) is 81.4 Å². The molecule has 0 spiro atoms. The average molecular weight is 407 g/mol. The highest BCUT2D eigenvalue weighted by atomic mass is 35.5. The maximum Gasteiger partial charge on any atom is 0.240 e. The van der Waals surface area contributed by atoms with Gasteiger partial charge in [-0.15, -0.1) is 0 Å². The molecule has 1 N–H and O–H groups in total. The van der Waals surface area contributed by atoms with E-state index in [0.717, 1.165) is 11.1 Å². The SMILES string of the molecule is COc1ccc(S(=O)(=O)NCCc2coc(-c3ccc(C)cc3)n2)cc1Cl. The van der Waals surface area contributed by atoms with Gasteiger partial charge in [0.25, 0.3) is 0 Å². The van der Waals surface area contributed by atoms with Gasteiger partial charge in [0.1, 0.15) is 12.0 Å². The molecule has 3 aromatic rings. The second-order valence-corrected chi connectivity index (χ2v) is 8.13. The van der Waals surface area contributed by atoms with Gasteiger partial charge in [-0.2, -0.15) is 0 Å². The number of methoxy groups -OCH3 is 1. The number of aryl methyl sites for hydroxylation is 1. The van der Waals surface area contributed by atoms with Crippen molar-refractivity contribution in [3.63, 3.8) is 0 Å². The molecule has 1 aromatic heterocycles. The van der Waals surface area contributed by atoms with Crippen LogP contribution in [0.2, 0.25) is 5.02 Å². The quantitative estimate of drug-likeness (QED) is 0.644. The first-order valence-electron chi connectivity index (χ1n) is 8.24. The molecule has 0 aliphatic carbocycles. The second kappa shape index (κ2) is 8.12. The summed E-state index contributed by atoms with van der Waals surface area (Å²) in [6, 6.07) is 12.1. The van der Waals surface area contributed by atoms with Crippen molar-refractivity contribution in [3.8, 4) is 17.2 Å². The summed E-state index contributed by atoms with van der Waals surface area (Å²) in [5.74, 6) is 0.927. The van der Waals surface area contributed by atoms with E-state index in [1.807, 2.05) is 31.2 Å². The van der Waals surface area contributed by atoms with Gasteiger partial charge in [-0.1, -0.05) is 29.3 Å². The molecule has 27 heavy (non-hydrogen) atoms. The first-order valence-corrected chi connectivity index (χ1v) is 10.1. The van der Waals surface area contributed by atoms with Crippen LogP contribution < -0.4 is 9.46 Å². The zero-order chi connectivity index (χ0) is 19.4. The Balaban J connectivity index is 1.62. The van der Waals surface area contributed by atoms with Crippen molar-refractivity contribution in [1.29, 1.82) is 0 Å². The van der Waals surface area contributed by atoms with Gasteiger partial charge in [-0.25, -0.2) is 18.1 Å². The van der Waals surface area contributed by atoms with Crippen LogP contribution in [0.5, 0.6) is 5.75 Å². The van der Waals surface area contributed by atoms with Crippen molar-refractivity contribution in [2.75, 3.05) is 13.7 Å². The molecule has 0 unspecified atom stereocenters. The number of benzene rings is 2. The molecule has 0 aliphatic rings. The molecule has 3 rings (SSSR count). The maximum atomic E-state index is 12.4. The smallest absolute Gasteiger partial charge is 0.240 e. The first-order chi connectivity index (χ1) is 12.9. The fraction of sp³-hybridized carbons (Fsp3) is 0.211. The summed E-state index contributed by atoms with van der Waals surface area (Å²) in [5.41, 5.74) is 2.69. The molecule has 8 heteroatoms. The molecule has 1 heterocycles. The van der Waals surface area contributed by atoms with Crippen LogP contribution in [0.4, 0.5) is 0 Å². The van der Waals surface area contributed by atoms with Gasteiger partial charge in [0.05, 0.1) is 22.7 Å². The van der Waals surface area contributed by atoms with Crippen molar-refractivity contribution in [2.45, 2.75) is 18.2 Å². The Morgan fingerprint density at radius 2 is 1.93 bits per heavy atom. The second-order valence-electron chi connectivity index (χ2n) is 5.95. The molecule has 6 nitrogen and oxygen atoms in total. The summed E-state index contributed by atoms with van der Waals surface area (Å²) in [4.78, 5) is 4.48. The number of sulfonamides is 1. The van der Waals surface area contributed by atoms with E-state index < -0.39 is 10.0 Å². The van der Waals surface area contributed by atoms with Gasteiger partial charge in [0.2, 0.25) is 15.9 Å². The zero-order valence-corrected chi connectivity index (χ0v) is 16.5. The summed E-state index contributed by atoms with van der Waals surface area (Å²) in [5, 5.41) is 0.236. The van der Waals surface area contributed by atoms with Gasteiger partial charge < -0.3 is 9.15 Å². The molecular formula is C19H19ClN2O4S. The van der Waals surface area contributed by atoms with Gasteiger partial charge in [0, 0.05) is 18.5 Å². The number of aromatic nitrogens is 1. The van der Waals surface area contributed by atoms with Crippen molar-refractivity contribution in [1.82, 2.24) is 9.71 Å². The van der Waals surface area contributed by atoms with Gasteiger partial charge in [0.15, 0.2) is 0 Å². The van der Waals surface area contributed by atoms with E-state index in [-0.39, 0.29) is 16.5 Å². The number of oxazole rings is 1. The summed E-state index contributed by atoms with van der Waals surface area (Å²) in [7, 11) is -2.21. The predicted molar refractivity (Wildman–Crippen MR) is 104 cm³/mol. The summed E-state index contributed by atoms with van der Waals surface area (Å²) in [6.45, 7) is 2.19. The Kier molecular flexibility index (Phi) is 5.84. The van der Waals surface area contributed by atoms with Crippen LogP contribution in [0.15, 0.2) is 58.0 Å². The number of halogens is 1. The number of hydrogen-bond donors (Lipinski definition) is 1. The summed E-state index contributed by atoms with van der Waals surface area (Å²) in [6.07, 6.45) is 1.94. The third kappa shape index (κ3) is 4.68. The molecule has 0 aliphatic heterocycles. The van der Waals surface area contributed by atoms with Crippen LogP contribution in [0.3, 0.4) is 0 Å². The predicted octanol–water partition coefficient (Wildman–Crippen LogP) is 3.83. The third-order valence-corrected chi connectivity index (χ3v) is 5.71. The highest BCUT2D eigenvalue weighted by Gasteiger charge is 2.16. The number of nitrogens with zero attached hydrogens (tertiary/aromatic N) is 1. The molecule has 0 saturated carbocycles. The lowest BCUT2D eigenvalue weighted by molar-refractivity contribution is 0.414. The first kappa shape index (κ1) is 19.4. The van der Waals surface area contributed by atoms with Crippen LogP contribution in [0.25, 0.3) is 11.5 Å². The van der Waals surface area contributed by atoms with Gasteiger partial charge >= 0.3 is 0 Å². The van der Waals surface area contributed by atoms with Crippen LogP contribution in [-0.4, -0.2) is 27.1 Å². The highest BCUT2D eigenvalue weighted by Crippen LogP contribution is 2.26. The Morgan fingerprint density at radius 3 is 2.59 bits per heavy atom. The Morgan fingerprint density at radius 1 is 1.19 bits per heavy atom. The van der Waals surface area contributed by atoms with E-state index in [2.05, 4.69) is 9.71 Å². The third-order valence-electron chi connectivity index (χ3n) is 3.96. The van der Waals surface area contributed by atoms with Crippen LogP contribution in [0.1, 0.15) is 11.3 Å². The van der Waals surface area contributed by atoms with Crippen LogP contribution >= 0.6 is 11.6 Å². The normalized spacial score (nSPS) is 11.5. The molecule has 0 bridgehead atoms. The summed E-state index contributed by atoms with van der Waals surface area (Å²) >= 11 is 6.00. The minimum absolute atomic E-state index is 0.0776. The van der Waals surface area contributed by atoms with Gasteiger partial charge in [-0.3, -0.25) is 0 Å². The lowest BCUT2D eigenvalue weighted by Gasteiger charge is -2.08. The number of hydrogen-bond acceptors (Lipinski definition) is 5. The average Bonchev–Trinajstić information content (AvgIpc) is 3.11. The van der Waals surface area contributed by atoms with E-state index in [1.54, 1.807) is 0 Å². The molecule has 0 amide bonds. The summed E-state index contributed by atoms with van der Waals surface area (Å²) < 4.78 is 37.8. The number of rotatable bonds is 7.